The van der Waals surface area contributed by atoms with Gasteiger partial charge in [-0.05, 0) is 33.3 Å². The largest absolute Gasteiger partial charge is 0.463 e. The first kappa shape index (κ1) is 27.6. The zero-order valence-electron chi connectivity index (χ0n) is 15.6. The minimum Gasteiger partial charge on any atom is -0.463 e. The summed E-state index contributed by atoms with van der Waals surface area (Å²) < 4.78 is 4.75. The maximum Gasteiger partial charge on any atom is 0.332 e. The van der Waals surface area contributed by atoms with Crippen LogP contribution in [-0.2, 0) is 19.1 Å². The van der Waals surface area contributed by atoms with Gasteiger partial charge in [0.2, 0.25) is 0 Å². The highest BCUT2D eigenvalue weighted by molar-refractivity contribution is 6.00. The van der Waals surface area contributed by atoms with Crippen molar-refractivity contribution in [2.75, 3.05) is 19.8 Å². The molecule has 7 heteroatoms. The Hall–Kier alpha value is -2.25. The highest BCUT2D eigenvalue weighted by atomic mass is 16.5. The maximum absolute atomic E-state index is 11.9. The van der Waals surface area contributed by atoms with Crippen molar-refractivity contribution >= 4 is 18.0 Å². The SMILES string of the molecule is C=C/C(=C\C=O)N/C(=C/C(=O)OCC)C(=O)CCC.CCO.CCO. The molecule has 0 heterocycles. The molecule has 0 amide bonds. The van der Waals surface area contributed by atoms with E-state index in [9.17, 15) is 14.4 Å². The van der Waals surface area contributed by atoms with E-state index < -0.39 is 5.97 Å². The monoisotopic (exact) mass is 357 g/mol. The van der Waals surface area contributed by atoms with Crippen LogP contribution in [0.4, 0.5) is 0 Å². The molecular formula is C18H31NO6. The Morgan fingerprint density at radius 3 is 2.00 bits per heavy atom. The maximum atomic E-state index is 11.9. The number of esters is 1. The summed E-state index contributed by atoms with van der Waals surface area (Å²) in [6, 6.07) is 0. The predicted molar refractivity (Wildman–Crippen MR) is 97.6 cm³/mol. The van der Waals surface area contributed by atoms with E-state index >= 15 is 0 Å². The molecule has 0 aliphatic heterocycles. The van der Waals surface area contributed by atoms with Crippen molar-refractivity contribution in [3.05, 3.63) is 36.2 Å². The molecule has 0 aliphatic rings. The highest BCUT2D eigenvalue weighted by Gasteiger charge is 2.12. The number of allylic oxidation sites excluding steroid dienone is 3. The molecular weight excluding hydrogens is 326 g/mol. The van der Waals surface area contributed by atoms with Crippen LogP contribution in [-0.4, -0.2) is 48.1 Å². The van der Waals surface area contributed by atoms with E-state index in [0.717, 1.165) is 6.08 Å². The topological polar surface area (TPSA) is 113 Å². The Bertz CT molecular complexity index is 439. The van der Waals surface area contributed by atoms with Gasteiger partial charge in [-0.25, -0.2) is 4.79 Å². The number of ketones is 1. The molecule has 0 bridgehead atoms. The molecule has 0 fully saturated rings. The van der Waals surface area contributed by atoms with E-state index in [0.29, 0.717) is 24.8 Å². The summed E-state index contributed by atoms with van der Waals surface area (Å²) in [5, 5.41) is 17.8. The van der Waals surface area contributed by atoms with Crippen LogP contribution in [0, 0.1) is 0 Å². The van der Waals surface area contributed by atoms with Crippen molar-refractivity contribution in [3.8, 4) is 0 Å². The second-order valence-corrected chi connectivity index (χ2v) is 4.20. The summed E-state index contributed by atoms with van der Waals surface area (Å²) >= 11 is 0. The molecule has 0 aromatic heterocycles. The molecule has 3 N–H and O–H groups in total. The van der Waals surface area contributed by atoms with Crippen LogP contribution in [0.1, 0.15) is 40.5 Å². The number of aliphatic hydroxyl groups is 2. The lowest BCUT2D eigenvalue weighted by molar-refractivity contribution is -0.137. The molecule has 0 saturated heterocycles. The van der Waals surface area contributed by atoms with Gasteiger partial charge >= 0.3 is 5.97 Å². The fourth-order valence-electron chi connectivity index (χ4n) is 1.24. The van der Waals surface area contributed by atoms with Crippen molar-refractivity contribution < 1.29 is 29.3 Å². The fourth-order valence-corrected chi connectivity index (χ4v) is 1.24. The van der Waals surface area contributed by atoms with E-state index in [2.05, 4.69) is 11.9 Å². The Kier molecular flexibility index (Phi) is 24.0. The molecule has 0 aromatic rings. The third-order valence-corrected chi connectivity index (χ3v) is 2.07. The van der Waals surface area contributed by atoms with Crippen LogP contribution in [0.25, 0.3) is 0 Å². The van der Waals surface area contributed by atoms with Gasteiger partial charge in [0.25, 0.3) is 0 Å². The summed E-state index contributed by atoms with van der Waals surface area (Å²) in [6.45, 7) is 11.1. The molecule has 0 spiro atoms. The molecule has 0 atom stereocenters. The van der Waals surface area contributed by atoms with Crippen molar-refractivity contribution in [1.82, 2.24) is 5.32 Å². The normalized spacial score (nSPS) is 10.3. The molecule has 144 valence electrons. The van der Waals surface area contributed by atoms with E-state index in [1.807, 2.05) is 6.92 Å². The van der Waals surface area contributed by atoms with Crippen LogP contribution < -0.4 is 5.32 Å². The average Bonchev–Trinajstić information content (AvgIpc) is 2.55. The van der Waals surface area contributed by atoms with Crippen molar-refractivity contribution in [2.45, 2.75) is 40.5 Å². The van der Waals surface area contributed by atoms with Gasteiger partial charge in [-0.1, -0.05) is 13.5 Å². The fraction of sp³-hybridized carbons (Fsp3) is 0.500. The Morgan fingerprint density at radius 2 is 1.64 bits per heavy atom. The van der Waals surface area contributed by atoms with Crippen LogP contribution in [0.3, 0.4) is 0 Å². The first-order chi connectivity index (χ1) is 11.9. The quantitative estimate of drug-likeness (QED) is 0.249. The molecule has 0 unspecified atom stereocenters. The molecule has 0 aromatic carbocycles. The third kappa shape index (κ3) is 19.7. The van der Waals surface area contributed by atoms with Gasteiger partial charge in [0.15, 0.2) is 5.78 Å². The van der Waals surface area contributed by atoms with E-state index in [1.54, 1.807) is 20.8 Å². The summed E-state index contributed by atoms with van der Waals surface area (Å²) in [5.74, 6) is -0.835. The van der Waals surface area contributed by atoms with E-state index in [1.165, 1.54) is 12.2 Å². The lowest BCUT2D eigenvalue weighted by Crippen LogP contribution is -2.21. The zero-order chi connectivity index (χ0) is 20.1. The Labute approximate surface area is 150 Å². The average molecular weight is 357 g/mol. The number of carbonyl (C=O) groups is 3. The van der Waals surface area contributed by atoms with Crippen molar-refractivity contribution in [2.24, 2.45) is 0 Å². The Balaban J connectivity index is -0.000000700. The van der Waals surface area contributed by atoms with Crippen LogP contribution in [0.2, 0.25) is 0 Å². The smallest absolute Gasteiger partial charge is 0.332 e. The summed E-state index contributed by atoms with van der Waals surface area (Å²) in [7, 11) is 0. The number of aliphatic hydroxyl groups excluding tert-OH is 2. The molecule has 7 nitrogen and oxygen atoms in total. The molecule has 0 radical (unpaired) electrons. The minimum absolute atomic E-state index is 0.0910. The summed E-state index contributed by atoms with van der Waals surface area (Å²) in [4.78, 5) is 33.7. The van der Waals surface area contributed by atoms with Gasteiger partial charge in [0, 0.05) is 31.4 Å². The highest BCUT2D eigenvalue weighted by Crippen LogP contribution is 2.04. The first-order valence-electron chi connectivity index (χ1n) is 8.10. The first-order valence-corrected chi connectivity index (χ1v) is 8.10. The van der Waals surface area contributed by atoms with Gasteiger partial charge in [0.05, 0.1) is 18.4 Å². The van der Waals surface area contributed by atoms with Crippen LogP contribution in [0.15, 0.2) is 36.2 Å². The number of carbonyl (C=O) groups excluding carboxylic acids is 3. The lowest BCUT2D eigenvalue weighted by Gasteiger charge is -2.10. The van der Waals surface area contributed by atoms with E-state index in [-0.39, 0.29) is 31.3 Å². The number of nitrogens with one attached hydrogen (secondary N) is 1. The number of rotatable bonds is 9. The van der Waals surface area contributed by atoms with Crippen LogP contribution in [0.5, 0.6) is 0 Å². The van der Waals surface area contributed by atoms with Crippen LogP contribution >= 0.6 is 0 Å². The second kappa shape index (κ2) is 21.8. The molecule has 0 rings (SSSR count). The predicted octanol–water partition coefficient (Wildman–Crippen LogP) is 1.66. The van der Waals surface area contributed by atoms with Gasteiger partial charge in [0.1, 0.15) is 6.29 Å². The van der Waals surface area contributed by atoms with Crippen molar-refractivity contribution in [1.29, 1.82) is 0 Å². The number of ether oxygens (including phenoxy) is 1. The molecule has 0 aliphatic carbocycles. The number of hydrogen-bond donors (Lipinski definition) is 3. The number of aldehydes is 1. The number of hydrogen-bond acceptors (Lipinski definition) is 7. The molecule has 25 heavy (non-hydrogen) atoms. The standard InChI is InChI=1S/C14H19NO4.2C2H6O/c1-4-7-13(17)12(10-14(18)19-6-3)15-11(5-2)8-9-16;2*1-2-3/h5,8-10,15H,2,4,6-7H2,1,3H3;2*3H,2H2,1H3/b11-8+,12-10+;;. The Morgan fingerprint density at radius 1 is 1.12 bits per heavy atom. The van der Waals surface area contributed by atoms with Crippen molar-refractivity contribution in [3.63, 3.8) is 0 Å². The second-order valence-electron chi connectivity index (χ2n) is 4.20. The lowest BCUT2D eigenvalue weighted by atomic mass is 10.1. The third-order valence-electron chi connectivity index (χ3n) is 2.07. The zero-order valence-corrected chi connectivity index (χ0v) is 15.6. The summed E-state index contributed by atoms with van der Waals surface area (Å²) in [6.07, 6.45) is 5.20. The van der Waals surface area contributed by atoms with Gasteiger partial charge in [-0.15, -0.1) is 0 Å². The summed E-state index contributed by atoms with van der Waals surface area (Å²) in [5.41, 5.74) is 0.434. The van der Waals surface area contributed by atoms with Gasteiger partial charge in [-0.2, -0.15) is 0 Å². The van der Waals surface area contributed by atoms with Gasteiger partial charge in [-0.3, -0.25) is 9.59 Å². The van der Waals surface area contributed by atoms with Gasteiger partial charge < -0.3 is 20.3 Å². The number of Topliss-reactive ketones (excluding diaryl/α,β-unsaturated/α-hetero) is 1. The molecule has 0 saturated carbocycles. The minimum atomic E-state index is -0.607. The van der Waals surface area contributed by atoms with E-state index in [4.69, 9.17) is 14.9 Å².